The molecular formula is C17H17ClF3N3O2. The number of alkyl halides is 3. The Morgan fingerprint density at radius 1 is 1.38 bits per heavy atom. The van der Waals surface area contributed by atoms with Crippen molar-refractivity contribution in [1.82, 2.24) is 9.78 Å². The summed E-state index contributed by atoms with van der Waals surface area (Å²) < 4.78 is 44.9. The molecule has 1 atom stereocenters. The highest BCUT2D eigenvalue weighted by Gasteiger charge is 2.30. The van der Waals surface area contributed by atoms with Crippen LogP contribution in [0, 0.1) is 0 Å². The van der Waals surface area contributed by atoms with E-state index in [1.165, 1.54) is 18.3 Å². The molecule has 0 saturated carbocycles. The fraction of sp³-hybridized carbons (Fsp3) is 0.412. The van der Waals surface area contributed by atoms with Gasteiger partial charge in [-0.1, -0.05) is 17.7 Å². The van der Waals surface area contributed by atoms with Crippen molar-refractivity contribution >= 4 is 17.3 Å². The molecule has 140 valence electrons. The van der Waals surface area contributed by atoms with Gasteiger partial charge in [-0.2, -0.15) is 23.0 Å². The molecule has 1 fully saturated rings. The third-order valence-electron chi connectivity index (χ3n) is 4.14. The molecule has 0 spiro atoms. The van der Waals surface area contributed by atoms with Crippen LogP contribution in [-0.4, -0.2) is 29.0 Å². The SMILES string of the molecule is O=c1c(Cl)c(NCC[C@H]2CCCO2)cnn1-c1cccc(C(F)(F)F)c1. The van der Waals surface area contributed by atoms with Crippen LogP contribution in [0.15, 0.2) is 35.3 Å². The first-order valence-electron chi connectivity index (χ1n) is 8.17. The van der Waals surface area contributed by atoms with Gasteiger partial charge in [-0.15, -0.1) is 0 Å². The van der Waals surface area contributed by atoms with E-state index in [0.29, 0.717) is 12.2 Å². The van der Waals surface area contributed by atoms with Gasteiger partial charge in [0.15, 0.2) is 0 Å². The lowest BCUT2D eigenvalue weighted by Gasteiger charge is -2.13. The standard InChI is InChI=1S/C17H17ClF3N3O2/c18-15-14(22-7-6-13-5-2-8-26-13)10-23-24(16(15)25)12-4-1-3-11(9-12)17(19,20)21/h1,3-4,9-10,13,22H,2,5-8H2/t13-/m1/s1. The van der Waals surface area contributed by atoms with Gasteiger partial charge >= 0.3 is 6.18 Å². The number of halogens is 4. The molecule has 1 aliphatic rings. The maximum absolute atomic E-state index is 12.8. The van der Waals surface area contributed by atoms with Gasteiger partial charge in [0.1, 0.15) is 5.02 Å². The molecular weight excluding hydrogens is 371 g/mol. The van der Waals surface area contributed by atoms with Crippen molar-refractivity contribution in [3.05, 3.63) is 51.4 Å². The van der Waals surface area contributed by atoms with Crippen LogP contribution in [0.5, 0.6) is 0 Å². The van der Waals surface area contributed by atoms with Gasteiger partial charge < -0.3 is 10.1 Å². The maximum Gasteiger partial charge on any atom is 0.416 e. The lowest BCUT2D eigenvalue weighted by Crippen LogP contribution is -2.23. The van der Waals surface area contributed by atoms with Crippen molar-refractivity contribution in [2.24, 2.45) is 0 Å². The molecule has 26 heavy (non-hydrogen) atoms. The van der Waals surface area contributed by atoms with E-state index in [1.807, 2.05) is 0 Å². The smallest absolute Gasteiger partial charge is 0.382 e. The highest BCUT2D eigenvalue weighted by molar-refractivity contribution is 6.32. The molecule has 0 bridgehead atoms. The number of hydrogen-bond acceptors (Lipinski definition) is 4. The zero-order chi connectivity index (χ0) is 18.7. The zero-order valence-corrected chi connectivity index (χ0v) is 14.5. The molecule has 3 rings (SSSR count). The Balaban J connectivity index is 1.78. The number of hydrogen-bond donors (Lipinski definition) is 1. The molecule has 1 aromatic carbocycles. The van der Waals surface area contributed by atoms with Gasteiger partial charge in [-0.25, -0.2) is 0 Å². The molecule has 0 radical (unpaired) electrons. The summed E-state index contributed by atoms with van der Waals surface area (Å²) >= 11 is 6.08. The minimum absolute atomic E-state index is 0.00219. The van der Waals surface area contributed by atoms with Crippen LogP contribution in [0.4, 0.5) is 18.9 Å². The summed E-state index contributed by atoms with van der Waals surface area (Å²) in [7, 11) is 0. The van der Waals surface area contributed by atoms with E-state index in [2.05, 4.69) is 10.4 Å². The van der Waals surface area contributed by atoms with Crippen LogP contribution in [-0.2, 0) is 10.9 Å². The zero-order valence-electron chi connectivity index (χ0n) is 13.7. The minimum atomic E-state index is -4.51. The van der Waals surface area contributed by atoms with E-state index in [1.54, 1.807) is 0 Å². The molecule has 5 nitrogen and oxygen atoms in total. The summed E-state index contributed by atoms with van der Waals surface area (Å²) in [5.74, 6) is 0. The Morgan fingerprint density at radius 3 is 2.88 bits per heavy atom. The Bertz CT molecular complexity index is 833. The Labute approximate surface area is 152 Å². The first kappa shape index (κ1) is 18.7. The third kappa shape index (κ3) is 4.19. The topological polar surface area (TPSA) is 56.1 Å². The van der Waals surface area contributed by atoms with E-state index < -0.39 is 17.3 Å². The predicted octanol–water partition coefficient (Wildman–Crippen LogP) is 3.89. The van der Waals surface area contributed by atoms with Gasteiger partial charge in [0.25, 0.3) is 5.56 Å². The van der Waals surface area contributed by atoms with Gasteiger partial charge in [0.2, 0.25) is 0 Å². The number of aromatic nitrogens is 2. The molecule has 1 saturated heterocycles. The van der Waals surface area contributed by atoms with Crippen molar-refractivity contribution in [3.8, 4) is 5.69 Å². The predicted molar refractivity (Wildman–Crippen MR) is 91.9 cm³/mol. The van der Waals surface area contributed by atoms with Crippen molar-refractivity contribution in [1.29, 1.82) is 0 Å². The average Bonchev–Trinajstić information content (AvgIpc) is 3.11. The van der Waals surface area contributed by atoms with E-state index in [0.717, 1.165) is 42.7 Å². The molecule has 1 N–H and O–H groups in total. The minimum Gasteiger partial charge on any atom is -0.382 e. The first-order chi connectivity index (χ1) is 12.4. The summed E-state index contributed by atoms with van der Waals surface area (Å²) in [6.45, 7) is 1.32. The average molecular weight is 388 g/mol. The molecule has 1 aliphatic heterocycles. The van der Waals surface area contributed by atoms with Crippen molar-refractivity contribution < 1.29 is 17.9 Å². The second-order valence-corrected chi connectivity index (χ2v) is 6.37. The normalized spacial score (nSPS) is 17.5. The van der Waals surface area contributed by atoms with E-state index in [-0.39, 0.29) is 16.8 Å². The number of nitrogens with zero attached hydrogens (tertiary/aromatic N) is 2. The van der Waals surface area contributed by atoms with Crippen LogP contribution in [0.3, 0.4) is 0 Å². The maximum atomic E-state index is 12.8. The molecule has 2 heterocycles. The van der Waals surface area contributed by atoms with Gasteiger partial charge in [-0.05, 0) is 37.5 Å². The molecule has 1 aromatic heterocycles. The summed E-state index contributed by atoms with van der Waals surface area (Å²) in [5, 5.41) is 6.85. The Morgan fingerprint density at radius 2 is 2.19 bits per heavy atom. The second-order valence-electron chi connectivity index (χ2n) is 5.99. The lowest BCUT2D eigenvalue weighted by atomic mass is 10.2. The number of nitrogens with one attached hydrogen (secondary N) is 1. The molecule has 0 aliphatic carbocycles. The summed E-state index contributed by atoms with van der Waals surface area (Å²) in [5.41, 5.74) is -1.21. The van der Waals surface area contributed by atoms with Crippen LogP contribution in [0.25, 0.3) is 5.69 Å². The Kier molecular flexibility index (Phi) is 5.52. The largest absolute Gasteiger partial charge is 0.416 e. The van der Waals surface area contributed by atoms with Gasteiger partial charge in [0, 0.05) is 13.2 Å². The van der Waals surface area contributed by atoms with Crippen molar-refractivity contribution in [2.75, 3.05) is 18.5 Å². The van der Waals surface area contributed by atoms with E-state index >= 15 is 0 Å². The number of ether oxygens (including phenoxy) is 1. The number of benzene rings is 1. The van der Waals surface area contributed by atoms with Crippen molar-refractivity contribution in [3.63, 3.8) is 0 Å². The van der Waals surface area contributed by atoms with Crippen LogP contribution in [0.1, 0.15) is 24.8 Å². The lowest BCUT2D eigenvalue weighted by molar-refractivity contribution is -0.137. The fourth-order valence-corrected chi connectivity index (χ4v) is 2.99. The van der Waals surface area contributed by atoms with Crippen LogP contribution < -0.4 is 10.9 Å². The van der Waals surface area contributed by atoms with Crippen molar-refractivity contribution in [2.45, 2.75) is 31.5 Å². The second kappa shape index (κ2) is 7.67. The van der Waals surface area contributed by atoms with Gasteiger partial charge in [-0.3, -0.25) is 4.79 Å². The van der Waals surface area contributed by atoms with Crippen LogP contribution >= 0.6 is 11.6 Å². The highest BCUT2D eigenvalue weighted by Crippen LogP contribution is 2.30. The highest BCUT2D eigenvalue weighted by atomic mass is 35.5. The Hall–Kier alpha value is -2.06. The fourth-order valence-electron chi connectivity index (χ4n) is 2.79. The molecule has 0 unspecified atom stereocenters. The molecule has 2 aromatic rings. The first-order valence-corrected chi connectivity index (χ1v) is 8.55. The van der Waals surface area contributed by atoms with Crippen LogP contribution in [0.2, 0.25) is 5.02 Å². The molecule has 9 heteroatoms. The summed E-state index contributed by atoms with van der Waals surface area (Å²) in [4.78, 5) is 12.4. The quantitative estimate of drug-likeness (QED) is 0.845. The monoisotopic (exact) mass is 387 g/mol. The summed E-state index contributed by atoms with van der Waals surface area (Å²) in [6.07, 6.45) is -0.162. The molecule has 0 amide bonds. The number of rotatable bonds is 5. The summed E-state index contributed by atoms with van der Waals surface area (Å²) in [6, 6.07) is 4.37. The van der Waals surface area contributed by atoms with Gasteiger partial charge in [0.05, 0.1) is 29.2 Å². The van der Waals surface area contributed by atoms with E-state index in [4.69, 9.17) is 16.3 Å². The third-order valence-corrected chi connectivity index (χ3v) is 4.51. The van der Waals surface area contributed by atoms with E-state index in [9.17, 15) is 18.0 Å². The number of anilines is 1.